The monoisotopic (exact) mass is 658 g/mol. The van der Waals surface area contributed by atoms with Gasteiger partial charge in [-0.15, -0.1) is 0 Å². The van der Waals surface area contributed by atoms with Crippen molar-refractivity contribution in [1.29, 1.82) is 0 Å². The predicted octanol–water partition coefficient (Wildman–Crippen LogP) is 7.68. The smallest absolute Gasteiger partial charge is 0.410 e. The van der Waals surface area contributed by atoms with Gasteiger partial charge < -0.3 is 29.4 Å². The van der Waals surface area contributed by atoms with Crippen molar-refractivity contribution in [3.05, 3.63) is 83.4 Å². The molecule has 1 saturated carbocycles. The van der Waals surface area contributed by atoms with Crippen LogP contribution in [-0.2, 0) is 16.0 Å². The summed E-state index contributed by atoms with van der Waals surface area (Å²) in [5, 5.41) is 14.2. The highest BCUT2D eigenvalue weighted by molar-refractivity contribution is 5.79. The molecule has 3 aromatic rings. The van der Waals surface area contributed by atoms with Crippen molar-refractivity contribution in [3.8, 4) is 22.6 Å². The predicted molar refractivity (Wildman–Crippen MR) is 185 cm³/mol. The topological polar surface area (TPSA) is 107 Å². The number of fused-ring (bicyclic) bond motifs is 3. The molecule has 1 unspecified atom stereocenters. The molecule has 5 rings (SSSR count). The number of methoxy groups -OCH3 is 2. The van der Waals surface area contributed by atoms with Crippen molar-refractivity contribution in [2.45, 2.75) is 96.1 Å². The molecule has 0 aliphatic heterocycles. The molecule has 1 fully saturated rings. The van der Waals surface area contributed by atoms with Gasteiger partial charge in [-0.2, -0.15) is 0 Å². The molecule has 0 heterocycles. The molecule has 3 atom stereocenters. The van der Waals surface area contributed by atoms with Gasteiger partial charge in [0.2, 0.25) is 0 Å². The summed E-state index contributed by atoms with van der Waals surface area (Å²) < 4.78 is 23.0. The van der Waals surface area contributed by atoms with Gasteiger partial charge in [0.25, 0.3) is 0 Å². The second kappa shape index (κ2) is 15.3. The first-order valence-corrected chi connectivity index (χ1v) is 17.0. The van der Waals surface area contributed by atoms with Crippen LogP contribution in [0.2, 0.25) is 0 Å². The van der Waals surface area contributed by atoms with Crippen molar-refractivity contribution < 1.29 is 33.6 Å². The van der Waals surface area contributed by atoms with Crippen LogP contribution in [0.3, 0.4) is 0 Å². The lowest BCUT2D eigenvalue weighted by atomic mass is 9.79. The van der Waals surface area contributed by atoms with E-state index in [-0.39, 0.29) is 25.0 Å². The second-order valence-electron chi connectivity index (χ2n) is 14.0. The van der Waals surface area contributed by atoms with E-state index in [1.165, 1.54) is 0 Å². The highest BCUT2D eigenvalue weighted by atomic mass is 16.6. The molecule has 0 saturated heterocycles. The number of alkyl carbamates (subject to hydrolysis) is 1. The zero-order valence-corrected chi connectivity index (χ0v) is 29.0. The fourth-order valence-corrected chi connectivity index (χ4v) is 7.28. The van der Waals surface area contributed by atoms with E-state index in [4.69, 9.17) is 18.9 Å². The zero-order chi connectivity index (χ0) is 34.4. The fourth-order valence-electron chi connectivity index (χ4n) is 7.28. The first-order chi connectivity index (χ1) is 23.0. The number of nitrogens with one attached hydrogen (secondary N) is 1. The van der Waals surface area contributed by atoms with E-state index in [9.17, 15) is 14.7 Å². The van der Waals surface area contributed by atoms with Crippen molar-refractivity contribution in [1.82, 2.24) is 10.2 Å². The van der Waals surface area contributed by atoms with Gasteiger partial charge in [-0.25, -0.2) is 9.59 Å². The molecule has 3 aromatic carbocycles. The van der Waals surface area contributed by atoms with E-state index in [2.05, 4.69) is 29.6 Å². The maximum Gasteiger partial charge on any atom is 0.410 e. The van der Waals surface area contributed by atoms with Crippen LogP contribution in [0.4, 0.5) is 9.59 Å². The minimum Gasteiger partial charge on any atom is -0.497 e. The number of rotatable bonds is 11. The molecule has 0 bridgehead atoms. The van der Waals surface area contributed by atoms with Gasteiger partial charge in [0.05, 0.1) is 32.4 Å². The van der Waals surface area contributed by atoms with Gasteiger partial charge in [-0.3, -0.25) is 4.90 Å². The lowest BCUT2D eigenvalue weighted by Gasteiger charge is -2.44. The Morgan fingerprint density at radius 1 is 0.896 bits per heavy atom. The number of carbonyl (C=O) groups is 2. The summed E-state index contributed by atoms with van der Waals surface area (Å²) in [6.07, 6.45) is 2.61. The van der Waals surface area contributed by atoms with Crippen LogP contribution in [-0.4, -0.2) is 66.8 Å². The molecule has 0 aromatic heterocycles. The number of hydrogen-bond donors (Lipinski definition) is 2. The lowest BCUT2D eigenvalue weighted by Crippen LogP contribution is -2.61. The second-order valence-corrected chi connectivity index (χ2v) is 14.0. The van der Waals surface area contributed by atoms with E-state index in [0.29, 0.717) is 11.5 Å². The van der Waals surface area contributed by atoms with Crippen LogP contribution in [0.15, 0.2) is 66.7 Å². The highest BCUT2D eigenvalue weighted by Gasteiger charge is 2.42. The minimum atomic E-state index is -0.992. The molecular weight excluding hydrogens is 608 g/mol. The summed E-state index contributed by atoms with van der Waals surface area (Å²) in [7, 11) is 3.17. The molecule has 2 N–H and O–H groups in total. The Balaban J connectivity index is 1.52. The molecule has 9 nitrogen and oxygen atoms in total. The van der Waals surface area contributed by atoms with Crippen molar-refractivity contribution in [2.24, 2.45) is 5.92 Å². The third-order valence-electron chi connectivity index (χ3n) is 9.40. The average Bonchev–Trinajstić information content (AvgIpc) is 3.39. The largest absolute Gasteiger partial charge is 0.497 e. The number of carbonyl (C=O) groups excluding carboxylic acids is 2. The minimum absolute atomic E-state index is 0.00118. The van der Waals surface area contributed by atoms with Crippen LogP contribution >= 0.6 is 0 Å². The van der Waals surface area contributed by atoms with Gasteiger partial charge >= 0.3 is 12.2 Å². The van der Waals surface area contributed by atoms with Crippen molar-refractivity contribution in [3.63, 3.8) is 0 Å². The summed E-state index contributed by atoms with van der Waals surface area (Å²) in [6.45, 7) is 7.30. The molecule has 2 amide bonds. The Kier molecular flexibility index (Phi) is 11.2. The zero-order valence-electron chi connectivity index (χ0n) is 29.0. The first-order valence-electron chi connectivity index (χ1n) is 17.0. The average molecular weight is 659 g/mol. The number of hydrogen-bond acceptors (Lipinski definition) is 7. The van der Waals surface area contributed by atoms with Crippen LogP contribution < -0.4 is 14.8 Å². The number of aliphatic hydroxyl groups excluding tert-OH is 1. The Labute approximate surface area is 284 Å². The number of aliphatic hydroxyl groups is 1. The van der Waals surface area contributed by atoms with E-state index in [1.807, 2.05) is 36.4 Å². The normalized spacial score (nSPS) is 16.6. The third-order valence-corrected chi connectivity index (χ3v) is 9.40. The Morgan fingerprint density at radius 2 is 1.46 bits per heavy atom. The maximum atomic E-state index is 14.6. The van der Waals surface area contributed by atoms with Gasteiger partial charge in [0.15, 0.2) is 0 Å². The van der Waals surface area contributed by atoms with Crippen LogP contribution in [0.5, 0.6) is 11.5 Å². The molecule has 2 aliphatic carbocycles. The Bertz CT molecular complexity index is 1490. The van der Waals surface area contributed by atoms with E-state index in [0.717, 1.165) is 59.9 Å². The summed E-state index contributed by atoms with van der Waals surface area (Å²) in [6, 6.07) is 20.6. The van der Waals surface area contributed by atoms with Crippen molar-refractivity contribution >= 4 is 12.2 Å². The molecule has 48 heavy (non-hydrogen) atoms. The molecular formula is C39H50N2O7. The van der Waals surface area contributed by atoms with E-state index in [1.54, 1.807) is 52.9 Å². The molecule has 9 heteroatoms. The Hall–Kier alpha value is -4.24. The molecule has 2 aliphatic rings. The molecule has 0 radical (unpaired) electrons. The summed E-state index contributed by atoms with van der Waals surface area (Å²) in [5.74, 6) is 1.05. The van der Waals surface area contributed by atoms with Gasteiger partial charge in [-0.05, 0) is 86.4 Å². The van der Waals surface area contributed by atoms with Crippen LogP contribution in [0, 0.1) is 5.92 Å². The van der Waals surface area contributed by atoms with Gasteiger partial charge in [0, 0.05) is 18.5 Å². The lowest BCUT2D eigenvalue weighted by molar-refractivity contribution is 0.00539. The van der Waals surface area contributed by atoms with Gasteiger partial charge in [-0.1, -0.05) is 67.8 Å². The van der Waals surface area contributed by atoms with E-state index >= 15 is 0 Å². The van der Waals surface area contributed by atoms with Crippen LogP contribution in [0.25, 0.3) is 11.1 Å². The standard InChI is InChI=1S/C39H50N2O7/c1-25(42)35(40-37(43)48-39(2,3)4)36(27-14-8-7-9-15-27)41(23-26-20-28(45-5)22-29(21-26)46-6)38(44)47-24-34-32-18-12-10-16-30(32)31-17-11-13-19-33(31)34/h10-13,16-22,25,27,34-36,42H,7-9,14-15,23-24H2,1-6H3,(H,40,43)/t25-,35-,36?/m1/s1. The number of amides is 2. The SMILES string of the molecule is COc1cc(CN(C(=O)OCC2c3ccccc3-c3ccccc32)C(C2CCCCC2)[C@H](NC(=O)OC(C)(C)C)[C@@H](C)O)cc(OC)c1. The summed E-state index contributed by atoms with van der Waals surface area (Å²) in [5.41, 5.74) is 4.55. The fraction of sp³-hybridized carbons (Fsp3) is 0.487. The van der Waals surface area contributed by atoms with E-state index < -0.39 is 36.0 Å². The van der Waals surface area contributed by atoms with Gasteiger partial charge in [0.1, 0.15) is 23.7 Å². The first kappa shape index (κ1) is 35.1. The Morgan fingerprint density at radius 3 is 1.98 bits per heavy atom. The number of benzene rings is 3. The summed E-state index contributed by atoms with van der Waals surface area (Å²) >= 11 is 0. The third kappa shape index (κ3) is 8.24. The van der Waals surface area contributed by atoms with Crippen LogP contribution in [0.1, 0.15) is 82.4 Å². The molecule has 258 valence electrons. The quantitative estimate of drug-likeness (QED) is 0.218. The highest BCUT2D eigenvalue weighted by Crippen LogP contribution is 2.45. The van der Waals surface area contributed by atoms with Crippen molar-refractivity contribution in [2.75, 3.05) is 20.8 Å². The summed E-state index contributed by atoms with van der Waals surface area (Å²) in [4.78, 5) is 29.5. The molecule has 0 spiro atoms. The number of ether oxygens (including phenoxy) is 4. The number of nitrogens with zero attached hydrogens (tertiary/aromatic N) is 1. The maximum absolute atomic E-state index is 14.6.